The summed E-state index contributed by atoms with van der Waals surface area (Å²) in [7, 11) is 0. The number of nitrogens with zero attached hydrogens (tertiary/aromatic N) is 3. The van der Waals surface area contributed by atoms with Crippen molar-refractivity contribution in [3.8, 4) is 12.1 Å². The maximum atomic E-state index is 13.2. The van der Waals surface area contributed by atoms with Crippen LogP contribution < -0.4 is 0 Å². The Balaban J connectivity index is -0.000000340. The van der Waals surface area contributed by atoms with Crippen LogP contribution in [0.4, 0.5) is 83.4 Å². The van der Waals surface area contributed by atoms with Crippen molar-refractivity contribution < 1.29 is 94.3 Å². The van der Waals surface area contributed by atoms with Crippen molar-refractivity contribution in [2.75, 3.05) is 6.61 Å². The fraction of sp³-hybridized carbons (Fsp3) is 0.493. The second kappa shape index (κ2) is 51.5. The number of hydrogen-bond acceptors (Lipinski definition) is 5. The van der Waals surface area contributed by atoms with Gasteiger partial charge in [-0.1, -0.05) is 207 Å². The zero-order chi connectivity index (χ0) is 79.7. The summed E-state index contributed by atoms with van der Waals surface area (Å²) in [6.07, 6.45) is -2.90. The van der Waals surface area contributed by atoms with Gasteiger partial charge in [0.25, 0.3) is 11.9 Å². The highest BCUT2D eigenvalue weighted by molar-refractivity contribution is 5.71. The van der Waals surface area contributed by atoms with Crippen LogP contribution in [0.5, 0.6) is 0 Å². The van der Waals surface area contributed by atoms with Crippen molar-refractivity contribution in [1.29, 1.82) is 10.5 Å². The van der Waals surface area contributed by atoms with E-state index in [-0.39, 0.29) is 41.6 Å². The molecule has 0 saturated heterocycles. The minimum Gasteiger partial charge on any atom is -0.466 e. The molecular formula is C75H98F19N3O2. The van der Waals surface area contributed by atoms with Crippen molar-refractivity contribution in [2.24, 2.45) is 17.8 Å². The van der Waals surface area contributed by atoms with Gasteiger partial charge >= 0.3 is 12.1 Å². The van der Waals surface area contributed by atoms with Gasteiger partial charge in [-0.15, -0.1) is 0 Å². The quantitative estimate of drug-likeness (QED) is 0.0498. The van der Waals surface area contributed by atoms with Crippen LogP contribution in [0.15, 0.2) is 66.7 Å². The Morgan fingerprint density at radius 2 is 0.758 bits per heavy atom. The monoisotopic (exact) mass is 1430 g/mol. The largest absolute Gasteiger partial charge is 0.466 e. The summed E-state index contributed by atoms with van der Waals surface area (Å²) in [6, 6.07) is 20.5. The molecule has 24 heteroatoms. The molecule has 0 fully saturated rings. The Kier molecular flexibility index (Phi) is 50.9. The number of benzene rings is 5. The minimum atomic E-state index is -4.23. The number of nitriles is 2. The number of rotatable bonds is 8. The number of aromatic nitrogens is 1. The molecule has 5 aromatic carbocycles. The van der Waals surface area contributed by atoms with Crippen LogP contribution in [0.1, 0.15) is 260 Å². The molecule has 6 aromatic rings. The van der Waals surface area contributed by atoms with E-state index in [0.29, 0.717) is 24.7 Å². The fourth-order valence-corrected chi connectivity index (χ4v) is 6.72. The lowest BCUT2D eigenvalue weighted by atomic mass is 9.99. The highest BCUT2D eigenvalue weighted by atomic mass is 19.4. The SMILES string of the molecule is CC(C)C.CC(C)C#N.CC(C)c1c(F)c(F)c(C#N)c(F)c1F.CC(C)c1c(F)c(F)c(F)c(F)c1F.CC(C)c1c(F)c(F)nc(F)c1F.CC(C)c1c(F)cc(F)cc1F.CC(C)c1cccc(C(F)(F)F)c1.CC(C)c1ccccc1.CCC.CCOC(=O)C(C)C.[2H]C(C)C. The predicted molar refractivity (Wildman–Crippen MR) is 354 cm³/mol. The normalized spacial score (nSPS) is 10.5. The van der Waals surface area contributed by atoms with Crippen molar-refractivity contribution >= 4 is 5.97 Å². The van der Waals surface area contributed by atoms with Crippen LogP contribution in [0.3, 0.4) is 0 Å². The third-order valence-corrected chi connectivity index (χ3v) is 11.4. The number of halogens is 19. The molecule has 0 atom stereocenters. The second-order valence-electron chi connectivity index (χ2n) is 24.3. The number of hydrogen-bond donors (Lipinski definition) is 0. The molecule has 0 aliphatic heterocycles. The van der Waals surface area contributed by atoms with E-state index in [4.69, 9.17) is 11.9 Å². The van der Waals surface area contributed by atoms with Crippen LogP contribution in [-0.2, 0) is 15.7 Å². The van der Waals surface area contributed by atoms with Crippen LogP contribution >= 0.6 is 0 Å². The third-order valence-electron chi connectivity index (χ3n) is 11.4. The smallest absolute Gasteiger partial charge is 0.416 e. The summed E-state index contributed by atoms with van der Waals surface area (Å²) in [5.74, 6) is -24.9. The maximum absolute atomic E-state index is 13.2. The zero-order valence-electron chi connectivity index (χ0n) is 61.9. The van der Waals surface area contributed by atoms with Gasteiger partial charge in [-0.3, -0.25) is 4.79 Å². The standard InChI is InChI=1S/C10H7F4N.C10H11F3.C9H7F5.C9H9F3.C9H12.C8H7F4N.C6H12O2.C4H7N.C4H10.2C3H8/c1-4(2)6-9(13)7(11)5(3-15)8(12)10(6)14;1-7(2)8-4-3-5-9(6-8)10(11,12)13;1-3(2)4-5(10)7(12)9(14)8(13)6(4)11;1-5(2)9-7(11)3-6(10)4-8(9)12;1-8(2)9-6-4-3-5-7-9;1-3(2)4-5(9)7(11)13-8(12)6(4)10;1-4-8-6(7)5(2)3;1-4(2)3-5;1-4(2)3;2*1-3-2/h4H,1-2H3;3-7H,1-2H3;3H,1-2H3;3-5H,1-2H3;3-8H,1-2H3;3H,1-2H3;5H,4H2,1-3H3;4H,1-2H3;4H,1-3H3;2*3H2,1-2H3/i;;;;;;;;;3D;. The number of carbonyl (C=O) groups excluding carboxylic acids is 1. The Hall–Kier alpha value is -7.63. The predicted octanol–water partition coefficient (Wildman–Crippen LogP) is 26.2. The molecule has 0 unspecified atom stereocenters. The van der Waals surface area contributed by atoms with Crippen LogP contribution in [0.25, 0.3) is 0 Å². The minimum absolute atomic E-state index is 0.00921. The van der Waals surface area contributed by atoms with Gasteiger partial charge in [0.2, 0.25) is 5.82 Å². The van der Waals surface area contributed by atoms with Gasteiger partial charge in [-0.25, -0.2) is 61.5 Å². The molecule has 5 nitrogen and oxygen atoms in total. The highest BCUT2D eigenvalue weighted by Crippen LogP contribution is 2.33. The van der Waals surface area contributed by atoms with E-state index >= 15 is 0 Å². The number of ether oxygens (including phenoxy) is 1. The van der Waals surface area contributed by atoms with E-state index < -0.39 is 145 Å². The molecule has 0 N–H and O–H groups in total. The van der Waals surface area contributed by atoms with Crippen LogP contribution in [0.2, 0.25) is 0 Å². The van der Waals surface area contributed by atoms with Gasteiger partial charge in [0, 0.05) is 41.7 Å². The first-order chi connectivity index (χ1) is 45.8. The molecule has 99 heavy (non-hydrogen) atoms. The molecular weight excluding hydrogens is 1340 g/mol. The molecule has 0 aliphatic carbocycles. The fourth-order valence-electron chi connectivity index (χ4n) is 6.72. The zero-order valence-corrected chi connectivity index (χ0v) is 60.9. The Bertz CT molecular complexity index is 3290. The van der Waals surface area contributed by atoms with E-state index in [9.17, 15) is 88.2 Å². The van der Waals surface area contributed by atoms with Crippen molar-refractivity contribution in [2.45, 2.75) is 221 Å². The summed E-state index contributed by atoms with van der Waals surface area (Å²) >= 11 is 0. The van der Waals surface area contributed by atoms with Crippen LogP contribution in [0, 0.1) is 134 Å². The number of alkyl halides is 3. The Morgan fingerprint density at radius 3 is 1.01 bits per heavy atom. The highest BCUT2D eigenvalue weighted by Gasteiger charge is 2.31. The Labute approximate surface area is 575 Å². The molecule has 0 spiro atoms. The van der Waals surface area contributed by atoms with Crippen molar-refractivity contribution in [3.05, 3.63) is 205 Å². The van der Waals surface area contributed by atoms with E-state index in [1.54, 1.807) is 26.8 Å². The molecule has 1 aromatic heterocycles. The first-order valence-corrected chi connectivity index (χ1v) is 31.6. The molecule has 0 radical (unpaired) electrons. The van der Waals surface area contributed by atoms with Gasteiger partial charge in [0.05, 0.1) is 24.2 Å². The average Bonchev–Trinajstić information content (AvgIpc) is 0.801. The van der Waals surface area contributed by atoms with E-state index in [1.807, 2.05) is 67.5 Å². The average molecular weight is 1440 g/mol. The lowest BCUT2D eigenvalue weighted by Crippen LogP contribution is -2.10. The maximum Gasteiger partial charge on any atom is 0.416 e. The molecule has 0 saturated carbocycles. The van der Waals surface area contributed by atoms with Gasteiger partial charge in [-0.05, 0) is 79.4 Å². The lowest BCUT2D eigenvalue weighted by molar-refractivity contribution is -0.146. The number of pyridine rings is 1. The molecule has 558 valence electrons. The molecule has 0 aliphatic rings. The molecule has 1 heterocycles. The molecule has 0 amide bonds. The van der Waals surface area contributed by atoms with Crippen LogP contribution in [-0.4, -0.2) is 17.6 Å². The van der Waals surface area contributed by atoms with E-state index in [1.165, 1.54) is 65.7 Å². The summed E-state index contributed by atoms with van der Waals surface area (Å²) < 4.78 is 253. The number of esters is 1. The van der Waals surface area contributed by atoms with Gasteiger partial charge in [-0.2, -0.15) is 37.5 Å². The summed E-state index contributed by atoms with van der Waals surface area (Å²) in [6.45, 7) is 43.9. The van der Waals surface area contributed by atoms with Crippen molar-refractivity contribution in [3.63, 3.8) is 0 Å². The van der Waals surface area contributed by atoms with E-state index in [2.05, 4.69) is 82.5 Å². The van der Waals surface area contributed by atoms with Gasteiger partial charge in [0.1, 0.15) is 29.1 Å². The first-order valence-electron chi connectivity index (χ1n) is 32.2. The third kappa shape index (κ3) is 38.5. The topological polar surface area (TPSA) is 86.8 Å². The molecule has 0 bridgehead atoms. The molecule has 6 rings (SSSR count). The van der Waals surface area contributed by atoms with Gasteiger partial charge in [0.15, 0.2) is 58.2 Å². The number of carbonyl (C=O) groups is 1. The summed E-state index contributed by atoms with van der Waals surface area (Å²) in [5, 5.41) is 16.2. The first kappa shape index (κ1) is 97.8. The summed E-state index contributed by atoms with van der Waals surface area (Å²) in [4.78, 5) is 13.0. The second-order valence-corrected chi connectivity index (χ2v) is 24.3. The lowest BCUT2D eigenvalue weighted by Gasteiger charge is -2.10. The Morgan fingerprint density at radius 1 is 0.455 bits per heavy atom. The van der Waals surface area contributed by atoms with Crippen molar-refractivity contribution in [1.82, 2.24) is 4.98 Å². The van der Waals surface area contributed by atoms with E-state index in [0.717, 1.165) is 23.6 Å². The van der Waals surface area contributed by atoms with Gasteiger partial charge < -0.3 is 4.74 Å². The summed E-state index contributed by atoms with van der Waals surface area (Å²) in [5.41, 5.74) is -1.78.